The Hall–Kier alpha value is -2.23. The predicted octanol–water partition coefficient (Wildman–Crippen LogP) is 2.80. The Morgan fingerprint density at radius 2 is 1.95 bits per heavy atom. The minimum atomic E-state index is -0.643. The molecule has 0 spiro atoms. The number of rotatable bonds is 3. The number of pyridine rings is 1. The van der Waals surface area contributed by atoms with Crippen molar-refractivity contribution in [3.05, 3.63) is 65.2 Å². The molecule has 0 N–H and O–H groups in total. The highest BCUT2D eigenvalue weighted by atomic mass is 19.1. The standard InChI is InChI=1S/C15H15FN2O/c1-11-6-3-4-7-12(11)10-18(2)15(19)13-8-5-9-14(16)17-13/h3-9H,10H2,1-2H3. The number of hydrogen-bond acceptors (Lipinski definition) is 2. The summed E-state index contributed by atoms with van der Waals surface area (Å²) in [5.41, 5.74) is 2.31. The van der Waals surface area contributed by atoms with Crippen molar-refractivity contribution in [1.29, 1.82) is 0 Å². The first-order valence-corrected chi connectivity index (χ1v) is 6.00. The van der Waals surface area contributed by atoms with Crippen molar-refractivity contribution < 1.29 is 9.18 Å². The van der Waals surface area contributed by atoms with Crippen molar-refractivity contribution >= 4 is 5.91 Å². The summed E-state index contributed by atoms with van der Waals surface area (Å²) < 4.78 is 13.0. The summed E-state index contributed by atoms with van der Waals surface area (Å²) in [4.78, 5) is 17.2. The highest BCUT2D eigenvalue weighted by Gasteiger charge is 2.14. The van der Waals surface area contributed by atoms with E-state index in [1.54, 1.807) is 7.05 Å². The third kappa shape index (κ3) is 3.16. The number of nitrogens with zero attached hydrogens (tertiary/aromatic N) is 2. The Balaban J connectivity index is 2.14. The van der Waals surface area contributed by atoms with E-state index >= 15 is 0 Å². The zero-order valence-corrected chi connectivity index (χ0v) is 10.9. The first kappa shape index (κ1) is 13.2. The van der Waals surface area contributed by atoms with Crippen molar-refractivity contribution in [3.63, 3.8) is 0 Å². The normalized spacial score (nSPS) is 10.3. The number of benzene rings is 1. The van der Waals surface area contributed by atoms with Gasteiger partial charge in [0.25, 0.3) is 5.91 Å². The Kier molecular flexibility index (Phi) is 3.90. The minimum Gasteiger partial charge on any atom is -0.336 e. The molecular formula is C15H15FN2O. The van der Waals surface area contributed by atoms with Gasteiger partial charge in [0.1, 0.15) is 5.69 Å². The van der Waals surface area contributed by atoms with E-state index in [0.29, 0.717) is 6.54 Å². The fraction of sp³-hybridized carbons (Fsp3) is 0.200. The number of halogens is 1. The lowest BCUT2D eigenvalue weighted by atomic mass is 10.1. The summed E-state index contributed by atoms with van der Waals surface area (Å²) in [6.07, 6.45) is 0. The second-order valence-corrected chi connectivity index (χ2v) is 4.43. The van der Waals surface area contributed by atoms with Gasteiger partial charge in [0, 0.05) is 13.6 Å². The molecule has 3 nitrogen and oxygen atoms in total. The van der Waals surface area contributed by atoms with Gasteiger partial charge in [-0.05, 0) is 30.2 Å². The maximum atomic E-state index is 13.0. The van der Waals surface area contributed by atoms with Crippen LogP contribution in [0, 0.1) is 12.9 Å². The maximum absolute atomic E-state index is 13.0. The van der Waals surface area contributed by atoms with Gasteiger partial charge in [-0.2, -0.15) is 4.39 Å². The molecule has 4 heteroatoms. The smallest absolute Gasteiger partial charge is 0.272 e. The van der Waals surface area contributed by atoms with Gasteiger partial charge in [0.2, 0.25) is 5.95 Å². The molecule has 0 saturated carbocycles. The largest absolute Gasteiger partial charge is 0.336 e. The molecule has 19 heavy (non-hydrogen) atoms. The van der Waals surface area contributed by atoms with E-state index in [-0.39, 0.29) is 11.6 Å². The average molecular weight is 258 g/mol. The van der Waals surface area contributed by atoms with E-state index < -0.39 is 5.95 Å². The first-order valence-electron chi connectivity index (χ1n) is 6.00. The number of carbonyl (C=O) groups is 1. The van der Waals surface area contributed by atoms with Crippen LogP contribution in [0.4, 0.5) is 4.39 Å². The molecule has 0 aliphatic carbocycles. The van der Waals surface area contributed by atoms with Crippen LogP contribution >= 0.6 is 0 Å². The number of carbonyl (C=O) groups excluding carboxylic acids is 1. The summed E-state index contributed by atoms with van der Waals surface area (Å²) in [7, 11) is 1.68. The SMILES string of the molecule is Cc1ccccc1CN(C)C(=O)c1cccc(F)n1. The lowest BCUT2D eigenvalue weighted by Gasteiger charge is -2.18. The topological polar surface area (TPSA) is 33.2 Å². The van der Waals surface area contributed by atoms with Crippen LogP contribution in [-0.4, -0.2) is 22.8 Å². The third-order valence-corrected chi connectivity index (χ3v) is 2.95. The molecule has 0 fully saturated rings. The van der Waals surface area contributed by atoms with Crippen LogP contribution in [0.2, 0.25) is 0 Å². The number of hydrogen-bond donors (Lipinski definition) is 0. The van der Waals surface area contributed by atoms with Crippen LogP contribution in [0.3, 0.4) is 0 Å². The van der Waals surface area contributed by atoms with Gasteiger partial charge < -0.3 is 4.90 Å². The zero-order chi connectivity index (χ0) is 13.8. The molecule has 0 aliphatic rings. The summed E-state index contributed by atoms with van der Waals surface area (Å²) in [5, 5.41) is 0. The molecular weight excluding hydrogens is 243 g/mol. The van der Waals surface area contributed by atoms with Gasteiger partial charge in [-0.15, -0.1) is 0 Å². The Morgan fingerprint density at radius 3 is 2.63 bits per heavy atom. The number of aromatic nitrogens is 1. The van der Waals surface area contributed by atoms with E-state index in [1.807, 2.05) is 31.2 Å². The highest BCUT2D eigenvalue weighted by Crippen LogP contribution is 2.11. The van der Waals surface area contributed by atoms with Gasteiger partial charge in [0.15, 0.2) is 0 Å². The molecule has 98 valence electrons. The molecule has 1 heterocycles. The molecule has 0 saturated heterocycles. The summed E-state index contributed by atoms with van der Waals surface area (Å²) in [6, 6.07) is 12.1. The van der Waals surface area contributed by atoms with E-state index in [0.717, 1.165) is 11.1 Å². The van der Waals surface area contributed by atoms with Gasteiger partial charge in [-0.25, -0.2) is 4.98 Å². The second-order valence-electron chi connectivity index (χ2n) is 4.43. The summed E-state index contributed by atoms with van der Waals surface area (Å²) >= 11 is 0. The molecule has 0 atom stereocenters. The monoisotopic (exact) mass is 258 g/mol. The van der Waals surface area contributed by atoms with Crippen LogP contribution in [0.5, 0.6) is 0 Å². The van der Waals surface area contributed by atoms with E-state index in [2.05, 4.69) is 4.98 Å². The van der Waals surface area contributed by atoms with E-state index in [4.69, 9.17) is 0 Å². The highest BCUT2D eigenvalue weighted by molar-refractivity contribution is 5.92. The van der Waals surface area contributed by atoms with Crippen molar-refractivity contribution in [3.8, 4) is 0 Å². The van der Waals surface area contributed by atoms with Crippen LogP contribution in [0.25, 0.3) is 0 Å². The maximum Gasteiger partial charge on any atom is 0.272 e. The molecule has 1 amide bonds. The summed E-state index contributed by atoms with van der Waals surface area (Å²) in [6.45, 7) is 2.47. The quantitative estimate of drug-likeness (QED) is 0.793. The Labute approximate surface area is 111 Å². The molecule has 2 aromatic rings. The van der Waals surface area contributed by atoms with Gasteiger partial charge in [0.05, 0.1) is 0 Å². The van der Waals surface area contributed by atoms with Crippen LogP contribution in [-0.2, 0) is 6.54 Å². The molecule has 0 bridgehead atoms. The average Bonchev–Trinajstić information content (AvgIpc) is 2.40. The predicted molar refractivity (Wildman–Crippen MR) is 71.2 cm³/mol. The molecule has 0 unspecified atom stereocenters. The van der Waals surface area contributed by atoms with Crippen LogP contribution in [0.15, 0.2) is 42.5 Å². The first-order chi connectivity index (χ1) is 9.08. The zero-order valence-electron chi connectivity index (χ0n) is 10.9. The van der Waals surface area contributed by atoms with Gasteiger partial charge in [-0.1, -0.05) is 30.3 Å². The second kappa shape index (κ2) is 5.61. The lowest BCUT2D eigenvalue weighted by Crippen LogP contribution is -2.27. The minimum absolute atomic E-state index is 0.121. The number of aryl methyl sites for hydroxylation is 1. The molecule has 1 aromatic heterocycles. The number of amides is 1. The van der Waals surface area contributed by atoms with Crippen molar-refractivity contribution in [2.24, 2.45) is 0 Å². The van der Waals surface area contributed by atoms with Crippen molar-refractivity contribution in [1.82, 2.24) is 9.88 Å². The van der Waals surface area contributed by atoms with Crippen LogP contribution < -0.4 is 0 Å². The molecule has 1 aromatic carbocycles. The van der Waals surface area contributed by atoms with Crippen molar-refractivity contribution in [2.75, 3.05) is 7.05 Å². The molecule has 0 radical (unpaired) electrons. The summed E-state index contributed by atoms with van der Waals surface area (Å²) in [5.74, 6) is -0.933. The molecule has 2 rings (SSSR count). The van der Waals surface area contributed by atoms with Gasteiger partial charge >= 0.3 is 0 Å². The Bertz CT molecular complexity index is 598. The van der Waals surface area contributed by atoms with Gasteiger partial charge in [-0.3, -0.25) is 4.79 Å². The Morgan fingerprint density at radius 1 is 1.21 bits per heavy atom. The third-order valence-electron chi connectivity index (χ3n) is 2.95. The fourth-order valence-electron chi connectivity index (χ4n) is 1.84. The van der Waals surface area contributed by atoms with Crippen LogP contribution in [0.1, 0.15) is 21.6 Å². The van der Waals surface area contributed by atoms with E-state index in [1.165, 1.54) is 23.1 Å². The van der Waals surface area contributed by atoms with Crippen molar-refractivity contribution in [2.45, 2.75) is 13.5 Å². The lowest BCUT2D eigenvalue weighted by molar-refractivity contribution is 0.0778. The fourth-order valence-corrected chi connectivity index (χ4v) is 1.84. The van der Waals surface area contributed by atoms with E-state index in [9.17, 15) is 9.18 Å². The molecule has 0 aliphatic heterocycles.